The summed E-state index contributed by atoms with van der Waals surface area (Å²) in [7, 11) is 0. The minimum absolute atomic E-state index is 0.277. The maximum Gasteiger partial charge on any atom is 0.327 e. The van der Waals surface area contributed by atoms with E-state index >= 15 is 0 Å². The molecule has 0 aromatic heterocycles. The molecule has 0 aliphatic carbocycles. The number of ether oxygens (including phenoxy) is 1. The highest BCUT2D eigenvalue weighted by atomic mass is 32.2. The van der Waals surface area contributed by atoms with Crippen molar-refractivity contribution in [3.05, 3.63) is 0 Å². The lowest BCUT2D eigenvalue weighted by Crippen LogP contribution is -2.52. The number of esters is 1. The summed E-state index contributed by atoms with van der Waals surface area (Å²) in [5, 5.41) is 9.14. The minimum atomic E-state index is -0.979. The Morgan fingerprint density at radius 3 is 2.81 bits per heavy atom. The number of urea groups is 1. The number of carboxylic acid groups (broad SMARTS) is 1. The first-order chi connectivity index (χ1) is 10.0. The van der Waals surface area contributed by atoms with E-state index in [4.69, 9.17) is 9.84 Å². The van der Waals surface area contributed by atoms with E-state index in [-0.39, 0.29) is 17.9 Å². The highest BCUT2D eigenvalue weighted by Gasteiger charge is 2.39. The average molecular weight is 316 g/mol. The molecule has 7 nitrogen and oxygen atoms in total. The van der Waals surface area contributed by atoms with Crippen LogP contribution in [-0.4, -0.2) is 70.2 Å². The number of aliphatic carboxylic acids is 1. The van der Waals surface area contributed by atoms with E-state index in [1.54, 1.807) is 11.8 Å². The molecule has 0 aromatic rings. The van der Waals surface area contributed by atoms with Gasteiger partial charge in [0.05, 0.1) is 18.4 Å². The van der Waals surface area contributed by atoms with Crippen LogP contribution in [0.25, 0.3) is 0 Å². The second-order valence-electron chi connectivity index (χ2n) is 5.14. The zero-order valence-electron chi connectivity index (χ0n) is 12.0. The van der Waals surface area contributed by atoms with Gasteiger partial charge in [0.1, 0.15) is 6.04 Å². The summed E-state index contributed by atoms with van der Waals surface area (Å²) in [4.78, 5) is 38.4. The third kappa shape index (κ3) is 3.61. The molecular weight excluding hydrogens is 296 g/mol. The monoisotopic (exact) mass is 316 g/mol. The van der Waals surface area contributed by atoms with Gasteiger partial charge in [-0.2, -0.15) is 0 Å². The average Bonchev–Trinajstić information content (AvgIpc) is 2.96. The van der Waals surface area contributed by atoms with Crippen LogP contribution in [0.5, 0.6) is 0 Å². The second kappa shape index (κ2) is 7.02. The fourth-order valence-electron chi connectivity index (χ4n) is 2.62. The van der Waals surface area contributed by atoms with Crippen LogP contribution in [-0.2, 0) is 14.3 Å². The predicted octanol–water partition coefficient (Wildman–Crippen LogP) is 0.841. The van der Waals surface area contributed by atoms with Crippen LogP contribution >= 0.6 is 11.8 Å². The Balaban J connectivity index is 1.98. The molecule has 0 radical (unpaired) electrons. The lowest BCUT2D eigenvalue weighted by molar-refractivity contribution is -0.149. The normalized spacial score (nSPS) is 25.8. The molecule has 2 amide bonds. The molecule has 2 fully saturated rings. The first-order valence-electron chi connectivity index (χ1n) is 7.07. The first kappa shape index (κ1) is 15.9. The molecule has 1 N–H and O–H groups in total. The highest BCUT2D eigenvalue weighted by Crippen LogP contribution is 2.25. The fourth-order valence-corrected chi connectivity index (χ4v) is 3.76. The number of carbonyl (C=O) groups is 3. The molecule has 2 aliphatic heterocycles. The molecule has 21 heavy (non-hydrogen) atoms. The summed E-state index contributed by atoms with van der Waals surface area (Å²) < 4.78 is 5.01. The van der Waals surface area contributed by atoms with Crippen LogP contribution in [0.15, 0.2) is 0 Å². The van der Waals surface area contributed by atoms with Gasteiger partial charge < -0.3 is 19.6 Å². The number of piperidine rings is 1. The van der Waals surface area contributed by atoms with Crippen molar-refractivity contribution in [2.75, 3.05) is 31.3 Å². The highest BCUT2D eigenvalue weighted by molar-refractivity contribution is 7.99. The third-order valence-corrected chi connectivity index (χ3v) is 4.74. The van der Waals surface area contributed by atoms with Gasteiger partial charge >= 0.3 is 18.0 Å². The minimum Gasteiger partial charge on any atom is -0.480 e. The molecule has 0 bridgehead atoms. The molecule has 0 saturated carbocycles. The summed E-state index contributed by atoms with van der Waals surface area (Å²) in [6.07, 6.45) is 1.44. The third-order valence-electron chi connectivity index (χ3n) is 3.72. The van der Waals surface area contributed by atoms with Gasteiger partial charge in [-0.3, -0.25) is 4.79 Å². The summed E-state index contributed by atoms with van der Waals surface area (Å²) in [6, 6.07) is -1.06. The molecule has 2 aliphatic rings. The van der Waals surface area contributed by atoms with Crippen LogP contribution in [0.1, 0.15) is 19.8 Å². The SMILES string of the molecule is CCOC(=O)C1CCCN(C(=O)N2CSCC2C(=O)O)C1. The number of hydrogen-bond donors (Lipinski definition) is 1. The molecular formula is C13H20N2O5S. The van der Waals surface area contributed by atoms with Crippen LogP contribution in [0.2, 0.25) is 0 Å². The van der Waals surface area contributed by atoms with Gasteiger partial charge in [-0.05, 0) is 19.8 Å². The number of carbonyl (C=O) groups excluding carboxylic acids is 2. The summed E-state index contributed by atoms with van der Waals surface area (Å²) in [5.41, 5.74) is 0. The van der Waals surface area contributed by atoms with Gasteiger partial charge in [0, 0.05) is 18.8 Å². The maximum atomic E-state index is 12.5. The number of hydrogen-bond acceptors (Lipinski definition) is 5. The lowest BCUT2D eigenvalue weighted by atomic mass is 9.98. The van der Waals surface area contributed by atoms with Gasteiger partial charge in [-0.25, -0.2) is 9.59 Å². The van der Waals surface area contributed by atoms with Gasteiger partial charge in [-0.15, -0.1) is 11.8 Å². The zero-order valence-corrected chi connectivity index (χ0v) is 12.8. The van der Waals surface area contributed by atoms with E-state index in [0.29, 0.717) is 37.7 Å². The smallest absolute Gasteiger partial charge is 0.327 e. The van der Waals surface area contributed by atoms with Crippen LogP contribution in [0, 0.1) is 5.92 Å². The van der Waals surface area contributed by atoms with Gasteiger partial charge in [-0.1, -0.05) is 0 Å². The van der Waals surface area contributed by atoms with E-state index in [1.807, 2.05) is 0 Å². The number of carboxylic acids is 1. The Kier molecular flexibility index (Phi) is 5.33. The van der Waals surface area contributed by atoms with Crippen molar-refractivity contribution in [1.29, 1.82) is 0 Å². The number of likely N-dealkylation sites (tertiary alicyclic amines) is 1. The largest absolute Gasteiger partial charge is 0.480 e. The Morgan fingerprint density at radius 2 is 2.14 bits per heavy atom. The quantitative estimate of drug-likeness (QED) is 0.777. The molecule has 2 atom stereocenters. The zero-order chi connectivity index (χ0) is 15.4. The molecule has 0 spiro atoms. The first-order valence-corrected chi connectivity index (χ1v) is 8.22. The summed E-state index contributed by atoms with van der Waals surface area (Å²) in [5.74, 6) is -0.763. The van der Waals surface area contributed by atoms with Crippen molar-refractivity contribution >= 4 is 29.7 Å². The molecule has 2 rings (SSSR count). The number of rotatable bonds is 3. The molecule has 2 unspecified atom stereocenters. The van der Waals surface area contributed by atoms with E-state index in [1.165, 1.54) is 16.7 Å². The molecule has 0 aromatic carbocycles. The van der Waals surface area contributed by atoms with Crippen molar-refractivity contribution in [3.63, 3.8) is 0 Å². The standard InChI is InChI=1S/C13H20N2O5S/c1-2-20-12(18)9-4-3-5-14(6-9)13(19)15-8-21-7-10(15)11(16)17/h9-10H,2-8H2,1H3,(H,16,17). The van der Waals surface area contributed by atoms with Gasteiger partial charge in [0.25, 0.3) is 0 Å². The molecule has 2 heterocycles. The van der Waals surface area contributed by atoms with E-state index in [2.05, 4.69) is 0 Å². The molecule has 8 heteroatoms. The van der Waals surface area contributed by atoms with E-state index in [9.17, 15) is 14.4 Å². The fraction of sp³-hybridized carbons (Fsp3) is 0.769. The van der Waals surface area contributed by atoms with Crippen LogP contribution in [0.3, 0.4) is 0 Å². The Hall–Kier alpha value is -1.44. The number of nitrogens with zero attached hydrogens (tertiary/aromatic N) is 2. The van der Waals surface area contributed by atoms with Crippen molar-refractivity contribution in [1.82, 2.24) is 9.80 Å². The summed E-state index contributed by atoms with van der Waals surface area (Å²) >= 11 is 1.43. The molecule has 2 saturated heterocycles. The van der Waals surface area contributed by atoms with Crippen LogP contribution in [0.4, 0.5) is 4.79 Å². The Morgan fingerprint density at radius 1 is 1.38 bits per heavy atom. The number of thioether (sulfide) groups is 1. The van der Waals surface area contributed by atoms with Crippen molar-refractivity contribution < 1.29 is 24.2 Å². The number of amides is 2. The van der Waals surface area contributed by atoms with Crippen molar-refractivity contribution in [2.24, 2.45) is 5.92 Å². The Bertz CT molecular complexity index is 431. The van der Waals surface area contributed by atoms with E-state index in [0.717, 1.165) is 6.42 Å². The van der Waals surface area contributed by atoms with Crippen molar-refractivity contribution in [2.45, 2.75) is 25.8 Å². The van der Waals surface area contributed by atoms with Gasteiger partial charge in [0.2, 0.25) is 0 Å². The lowest BCUT2D eigenvalue weighted by Gasteiger charge is -2.35. The van der Waals surface area contributed by atoms with E-state index < -0.39 is 12.0 Å². The Labute approximate surface area is 127 Å². The maximum absolute atomic E-state index is 12.5. The van der Waals surface area contributed by atoms with Crippen molar-refractivity contribution in [3.8, 4) is 0 Å². The van der Waals surface area contributed by atoms with Gasteiger partial charge in [0.15, 0.2) is 0 Å². The molecule has 118 valence electrons. The second-order valence-corrected chi connectivity index (χ2v) is 6.14. The van der Waals surface area contributed by atoms with Crippen LogP contribution < -0.4 is 0 Å². The topological polar surface area (TPSA) is 87.2 Å². The predicted molar refractivity (Wildman–Crippen MR) is 76.9 cm³/mol. The summed E-state index contributed by atoms with van der Waals surface area (Å²) in [6.45, 7) is 2.95.